The van der Waals surface area contributed by atoms with Crippen LogP contribution in [0.4, 0.5) is 10.1 Å². The van der Waals surface area contributed by atoms with Crippen LogP contribution in [0.25, 0.3) is 0 Å². The lowest BCUT2D eigenvalue weighted by atomic mass is 10.1. The summed E-state index contributed by atoms with van der Waals surface area (Å²) in [6.45, 7) is 1.27. The number of hydrogen-bond donors (Lipinski definition) is 2. The van der Waals surface area contributed by atoms with Gasteiger partial charge in [0, 0.05) is 5.69 Å². The number of carbonyl (C=O) groups excluding carboxylic acids is 3. The number of benzene rings is 1. The molecule has 1 atom stereocenters. The number of nitrogens with two attached hydrogens (primary N) is 1. The van der Waals surface area contributed by atoms with E-state index in [-0.39, 0.29) is 17.8 Å². The molecule has 7 heteroatoms. The monoisotopic (exact) mass is 265 g/mol. The summed E-state index contributed by atoms with van der Waals surface area (Å²) in [4.78, 5) is 36.1. The third-order valence-corrected chi connectivity index (χ3v) is 2.93. The van der Waals surface area contributed by atoms with Crippen molar-refractivity contribution in [1.82, 2.24) is 10.2 Å². The molecule has 0 spiro atoms. The van der Waals surface area contributed by atoms with Crippen LogP contribution in [-0.2, 0) is 9.59 Å². The molecule has 0 saturated carbocycles. The van der Waals surface area contributed by atoms with Crippen molar-refractivity contribution in [1.29, 1.82) is 0 Å². The molecule has 3 N–H and O–H groups in total. The van der Waals surface area contributed by atoms with Gasteiger partial charge in [-0.25, -0.2) is 4.39 Å². The summed E-state index contributed by atoms with van der Waals surface area (Å²) in [5.41, 5.74) is 5.60. The van der Waals surface area contributed by atoms with Gasteiger partial charge in [-0.15, -0.1) is 0 Å². The van der Waals surface area contributed by atoms with Gasteiger partial charge in [0.25, 0.3) is 5.91 Å². The third-order valence-electron chi connectivity index (χ3n) is 2.93. The average molecular weight is 265 g/mol. The zero-order valence-electron chi connectivity index (χ0n) is 10.1. The Morgan fingerprint density at radius 3 is 2.79 bits per heavy atom. The first kappa shape index (κ1) is 13.0. The fraction of sp³-hybridized carbons (Fsp3) is 0.250. The summed E-state index contributed by atoms with van der Waals surface area (Å²) in [6, 6.07) is 2.57. The van der Waals surface area contributed by atoms with Crippen LogP contribution in [0.1, 0.15) is 17.3 Å². The fourth-order valence-corrected chi connectivity index (χ4v) is 1.85. The number of amides is 3. The molecule has 0 aliphatic carbocycles. The van der Waals surface area contributed by atoms with Crippen LogP contribution in [0.15, 0.2) is 18.2 Å². The predicted molar refractivity (Wildman–Crippen MR) is 64.5 cm³/mol. The van der Waals surface area contributed by atoms with Crippen molar-refractivity contribution in [3.8, 4) is 0 Å². The highest BCUT2D eigenvalue weighted by molar-refractivity contribution is 6.08. The van der Waals surface area contributed by atoms with Crippen molar-refractivity contribution >= 4 is 23.4 Å². The molecule has 19 heavy (non-hydrogen) atoms. The molecular weight excluding hydrogens is 253 g/mol. The summed E-state index contributed by atoms with van der Waals surface area (Å²) >= 11 is 0. The molecule has 1 heterocycles. The molecule has 0 radical (unpaired) electrons. The zero-order chi connectivity index (χ0) is 14.2. The topological polar surface area (TPSA) is 92.5 Å². The first-order valence-electron chi connectivity index (χ1n) is 5.60. The van der Waals surface area contributed by atoms with Gasteiger partial charge < -0.3 is 10.6 Å². The number of rotatable bonds is 1. The van der Waals surface area contributed by atoms with Crippen molar-refractivity contribution in [2.24, 2.45) is 0 Å². The number of nitrogens with zero attached hydrogens (tertiary/aromatic N) is 1. The number of imide groups is 1. The lowest BCUT2D eigenvalue weighted by molar-refractivity contribution is -0.138. The Balaban J connectivity index is 2.32. The number of anilines is 1. The molecule has 1 unspecified atom stereocenters. The highest BCUT2D eigenvalue weighted by atomic mass is 19.1. The van der Waals surface area contributed by atoms with E-state index in [0.29, 0.717) is 0 Å². The van der Waals surface area contributed by atoms with E-state index in [1.807, 2.05) is 0 Å². The van der Waals surface area contributed by atoms with Gasteiger partial charge in [-0.1, -0.05) is 0 Å². The number of hydrogen-bond acceptors (Lipinski definition) is 4. The first-order chi connectivity index (χ1) is 8.90. The van der Waals surface area contributed by atoms with E-state index < -0.39 is 29.6 Å². The number of nitrogen functional groups attached to an aromatic ring is 1. The van der Waals surface area contributed by atoms with Crippen LogP contribution in [0.3, 0.4) is 0 Å². The van der Waals surface area contributed by atoms with Gasteiger partial charge in [0.2, 0.25) is 11.8 Å². The maximum Gasteiger partial charge on any atom is 0.257 e. The van der Waals surface area contributed by atoms with Crippen LogP contribution < -0.4 is 11.1 Å². The van der Waals surface area contributed by atoms with Gasteiger partial charge in [0.1, 0.15) is 18.4 Å². The molecule has 1 fully saturated rings. The molecule has 1 saturated heterocycles. The molecule has 1 aliphatic heterocycles. The van der Waals surface area contributed by atoms with E-state index in [0.717, 1.165) is 17.0 Å². The van der Waals surface area contributed by atoms with Crippen LogP contribution in [0.2, 0.25) is 0 Å². The quantitative estimate of drug-likeness (QED) is 0.547. The van der Waals surface area contributed by atoms with Crippen molar-refractivity contribution in [2.45, 2.75) is 13.0 Å². The minimum atomic E-state index is -0.783. The summed E-state index contributed by atoms with van der Waals surface area (Å²) in [6.07, 6.45) is 0. The lowest BCUT2D eigenvalue weighted by Crippen LogP contribution is -2.58. The Hall–Kier alpha value is -2.44. The van der Waals surface area contributed by atoms with E-state index in [4.69, 9.17) is 5.73 Å². The van der Waals surface area contributed by atoms with Crippen molar-refractivity contribution in [3.05, 3.63) is 29.6 Å². The molecule has 0 aromatic heterocycles. The van der Waals surface area contributed by atoms with Gasteiger partial charge in [-0.3, -0.25) is 19.7 Å². The minimum absolute atomic E-state index is 0.0318. The molecule has 1 aromatic rings. The number of nitrogens with one attached hydrogen (secondary N) is 1. The van der Waals surface area contributed by atoms with Gasteiger partial charge in [-0.2, -0.15) is 0 Å². The second-order valence-corrected chi connectivity index (χ2v) is 4.25. The lowest BCUT2D eigenvalue weighted by Gasteiger charge is -2.31. The summed E-state index contributed by atoms with van der Waals surface area (Å²) < 4.78 is 12.9. The number of piperazine rings is 1. The maximum absolute atomic E-state index is 12.9. The highest BCUT2D eigenvalue weighted by Gasteiger charge is 2.34. The van der Waals surface area contributed by atoms with Crippen molar-refractivity contribution in [3.63, 3.8) is 0 Å². The largest absolute Gasteiger partial charge is 0.398 e. The number of carbonyl (C=O) groups is 3. The molecule has 100 valence electrons. The minimum Gasteiger partial charge on any atom is -0.398 e. The maximum atomic E-state index is 12.9. The first-order valence-corrected chi connectivity index (χ1v) is 5.60. The van der Waals surface area contributed by atoms with Crippen molar-refractivity contribution < 1.29 is 18.8 Å². The molecule has 1 aromatic carbocycles. The smallest absolute Gasteiger partial charge is 0.257 e. The standard InChI is InChI=1S/C12H12FN3O3/c1-6-11(18)15-10(17)5-16(6)12(19)8-3-2-7(13)4-9(8)14/h2-4,6H,5,14H2,1H3,(H,15,17,18). The molecule has 3 amide bonds. The Morgan fingerprint density at radius 2 is 2.16 bits per heavy atom. The van der Waals surface area contributed by atoms with Crippen LogP contribution in [-0.4, -0.2) is 35.2 Å². The molecular formula is C12H12FN3O3. The van der Waals surface area contributed by atoms with Crippen LogP contribution >= 0.6 is 0 Å². The van der Waals surface area contributed by atoms with E-state index in [9.17, 15) is 18.8 Å². The van der Waals surface area contributed by atoms with Crippen LogP contribution in [0.5, 0.6) is 0 Å². The van der Waals surface area contributed by atoms with E-state index >= 15 is 0 Å². The number of halogens is 1. The van der Waals surface area contributed by atoms with Crippen LogP contribution in [0, 0.1) is 5.82 Å². The average Bonchev–Trinajstić information content (AvgIpc) is 2.33. The fourth-order valence-electron chi connectivity index (χ4n) is 1.85. The van der Waals surface area contributed by atoms with E-state index in [2.05, 4.69) is 5.32 Å². The Kier molecular flexibility index (Phi) is 3.20. The Bertz CT molecular complexity index is 573. The van der Waals surface area contributed by atoms with Crippen molar-refractivity contribution in [2.75, 3.05) is 12.3 Å². The molecule has 0 bridgehead atoms. The van der Waals surface area contributed by atoms with Gasteiger partial charge >= 0.3 is 0 Å². The van der Waals surface area contributed by atoms with Gasteiger partial charge in [0.05, 0.1) is 5.56 Å². The summed E-state index contributed by atoms with van der Waals surface area (Å²) in [5.74, 6) is -2.25. The summed E-state index contributed by atoms with van der Waals surface area (Å²) in [5, 5.41) is 2.13. The Morgan fingerprint density at radius 1 is 1.47 bits per heavy atom. The summed E-state index contributed by atoms with van der Waals surface area (Å²) in [7, 11) is 0. The third kappa shape index (κ3) is 2.40. The molecule has 2 rings (SSSR count). The predicted octanol–water partition coefficient (Wildman–Crippen LogP) is -0.105. The second-order valence-electron chi connectivity index (χ2n) is 4.25. The molecule has 1 aliphatic rings. The normalized spacial score (nSPS) is 19.3. The highest BCUT2D eigenvalue weighted by Crippen LogP contribution is 2.18. The SMILES string of the molecule is CC1C(=O)NC(=O)CN1C(=O)c1ccc(F)cc1N. The van der Waals surface area contributed by atoms with E-state index in [1.165, 1.54) is 13.0 Å². The van der Waals surface area contributed by atoms with Gasteiger partial charge in [-0.05, 0) is 25.1 Å². The molecule has 6 nitrogen and oxygen atoms in total. The van der Waals surface area contributed by atoms with Gasteiger partial charge in [0.15, 0.2) is 0 Å². The second kappa shape index (κ2) is 4.68. The van der Waals surface area contributed by atoms with E-state index in [1.54, 1.807) is 0 Å². The zero-order valence-corrected chi connectivity index (χ0v) is 10.1. The Labute approximate surface area is 108 Å².